The van der Waals surface area contributed by atoms with E-state index in [1.54, 1.807) is 31.5 Å². The van der Waals surface area contributed by atoms with Crippen LogP contribution < -0.4 is 10.1 Å². The van der Waals surface area contributed by atoms with Gasteiger partial charge in [0.2, 0.25) is 0 Å². The Hall–Kier alpha value is -3.61. The van der Waals surface area contributed by atoms with Crippen LogP contribution >= 0.6 is 22.9 Å². The van der Waals surface area contributed by atoms with E-state index in [2.05, 4.69) is 31.3 Å². The number of ether oxygens (including phenoxy) is 1. The molecule has 34 heavy (non-hydrogen) atoms. The monoisotopic (exact) mass is 490 g/mol. The van der Waals surface area contributed by atoms with Crippen LogP contribution in [0.15, 0.2) is 36.7 Å². The smallest absolute Gasteiger partial charge is 0.259 e. The minimum Gasteiger partial charge on any atom is -0.496 e. The van der Waals surface area contributed by atoms with Gasteiger partial charge in [-0.25, -0.2) is 9.97 Å². The highest BCUT2D eigenvalue weighted by atomic mass is 35.5. The van der Waals surface area contributed by atoms with Gasteiger partial charge < -0.3 is 4.74 Å². The number of anilines is 1. The zero-order valence-corrected chi connectivity index (χ0v) is 19.9. The molecule has 8 nitrogen and oxygen atoms in total. The van der Waals surface area contributed by atoms with E-state index < -0.39 is 0 Å². The van der Waals surface area contributed by atoms with E-state index in [0.29, 0.717) is 43.1 Å². The third-order valence-corrected chi connectivity index (χ3v) is 6.93. The molecule has 1 aliphatic rings. The number of amides is 1. The van der Waals surface area contributed by atoms with Gasteiger partial charge in [-0.15, -0.1) is 0 Å². The molecule has 3 heterocycles. The highest BCUT2D eigenvalue weighted by molar-refractivity contribution is 7.21. The number of aromatic nitrogens is 4. The molecule has 4 aromatic rings. The number of benzene rings is 1. The van der Waals surface area contributed by atoms with Gasteiger partial charge in [-0.2, -0.15) is 10.2 Å². The zero-order valence-electron chi connectivity index (χ0n) is 18.4. The number of fused-ring (bicyclic) bond motifs is 1. The van der Waals surface area contributed by atoms with Gasteiger partial charge in [0.15, 0.2) is 15.6 Å². The Balaban J connectivity index is 1.44. The van der Waals surface area contributed by atoms with Crippen LogP contribution in [0.25, 0.3) is 21.6 Å². The molecule has 1 aromatic carbocycles. The number of hydrogen-bond acceptors (Lipinski definition) is 8. The number of hydrogen-bond donors (Lipinski definition) is 1. The second-order valence-corrected chi connectivity index (χ2v) is 9.52. The molecule has 1 amide bonds. The number of halogens is 1. The van der Waals surface area contributed by atoms with Gasteiger partial charge in [0.05, 0.1) is 30.6 Å². The predicted octanol–water partition coefficient (Wildman–Crippen LogP) is 5.39. The minimum absolute atomic E-state index is 0.0919. The summed E-state index contributed by atoms with van der Waals surface area (Å²) in [6, 6.07) is 9.36. The van der Waals surface area contributed by atoms with Crippen LogP contribution in [0.3, 0.4) is 0 Å². The molecular formula is C24H19ClN6O2S. The maximum absolute atomic E-state index is 13.3. The van der Waals surface area contributed by atoms with Crippen LogP contribution in [0.4, 0.5) is 5.13 Å². The molecule has 1 N–H and O–H groups in total. The SMILES string of the molecule is COc1ccc(Cl)cc1-c1cc(C)ncc1C(=O)Nc1nc2ncc([C@H]3C[C@@H](C#N)C3)nc2s1. The summed E-state index contributed by atoms with van der Waals surface area (Å²) in [6.07, 6.45) is 4.84. The Labute approximate surface area is 204 Å². The average Bonchev–Trinajstić information content (AvgIpc) is 3.19. The van der Waals surface area contributed by atoms with Crippen LogP contribution in [0.5, 0.6) is 5.75 Å². The lowest BCUT2D eigenvalue weighted by molar-refractivity contribution is 0.102. The van der Waals surface area contributed by atoms with Gasteiger partial charge in [-0.1, -0.05) is 22.9 Å². The number of nitriles is 1. The zero-order chi connectivity index (χ0) is 23.8. The lowest BCUT2D eigenvalue weighted by atomic mass is 9.74. The summed E-state index contributed by atoms with van der Waals surface area (Å²) in [5, 5.41) is 12.8. The molecule has 5 rings (SSSR count). The normalized spacial score (nSPS) is 17.1. The molecule has 0 bridgehead atoms. The Bertz CT molecular complexity index is 1460. The number of rotatable bonds is 5. The van der Waals surface area contributed by atoms with Gasteiger partial charge >= 0.3 is 0 Å². The van der Waals surface area contributed by atoms with Crippen molar-refractivity contribution >= 4 is 44.5 Å². The second-order valence-electron chi connectivity index (χ2n) is 8.11. The van der Waals surface area contributed by atoms with Gasteiger partial charge in [-0.05, 0) is 44.0 Å². The quantitative estimate of drug-likeness (QED) is 0.399. The summed E-state index contributed by atoms with van der Waals surface area (Å²) in [5.41, 5.74) is 3.80. The predicted molar refractivity (Wildman–Crippen MR) is 130 cm³/mol. The number of carbonyl (C=O) groups excluding carboxylic acids is 1. The van der Waals surface area contributed by atoms with Crippen molar-refractivity contribution in [1.29, 1.82) is 5.26 Å². The fourth-order valence-corrected chi connectivity index (χ4v) is 4.94. The fraction of sp³-hybridized carbons (Fsp3) is 0.250. The van der Waals surface area contributed by atoms with Crippen LogP contribution in [-0.2, 0) is 0 Å². The fourth-order valence-electron chi connectivity index (χ4n) is 3.97. The van der Waals surface area contributed by atoms with Crippen molar-refractivity contribution in [3.63, 3.8) is 0 Å². The van der Waals surface area contributed by atoms with Gasteiger partial charge in [-0.3, -0.25) is 15.1 Å². The maximum Gasteiger partial charge on any atom is 0.259 e. The van der Waals surface area contributed by atoms with Gasteiger partial charge in [0, 0.05) is 39.9 Å². The van der Waals surface area contributed by atoms with Crippen molar-refractivity contribution < 1.29 is 9.53 Å². The van der Waals surface area contributed by atoms with Crippen molar-refractivity contribution in [2.75, 3.05) is 12.4 Å². The molecule has 1 fully saturated rings. The van der Waals surface area contributed by atoms with Crippen molar-refractivity contribution in [1.82, 2.24) is 19.9 Å². The standard InChI is InChI=1S/C24H19ClN6O2S/c1-12-5-16(17-8-15(25)3-4-20(17)33-2)18(10-27-12)22(32)31-24-30-21-23(34-24)29-19(11-28-21)14-6-13(7-14)9-26/h3-5,8,10-11,13-14H,6-7H2,1-2H3,(H,28,30,31,32)/t13-,14+. The van der Waals surface area contributed by atoms with E-state index in [4.69, 9.17) is 21.6 Å². The topological polar surface area (TPSA) is 114 Å². The number of nitrogens with zero attached hydrogens (tertiary/aromatic N) is 5. The summed E-state index contributed by atoms with van der Waals surface area (Å²) in [4.78, 5) is 31.7. The van der Waals surface area contributed by atoms with Gasteiger partial charge in [0.1, 0.15) is 5.75 Å². The van der Waals surface area contributed by atoms with Crippen molar-refractivity contribution in [2.45, 2.75) is 25.7 Å². The number of pyridine rings is 1. The first-order chi connectivity index (χ1) is 16.4. The number of carbonyl (C=O) groups is 1. The molecule has 0 atom stereocenters. The molecule has 1 saturated carbocycles. The highest BCUT2D eigenvalue weighted by Crippen LogP contribution is 2.41. The Morgan fingerprint density at radius 2 is 2.03 bits per heavy atom. The molecule has 0 spiro atoms. The van der Waals surface area contributed by atoms with Crippen LogP contribution in [0.2, 0.25) is 5.02 Å². The second kappa shape index (κ2) is 8.97. The summed E-state index contributed by atoms with van der Waals surface area (Å²) in [5.74, 6) is 0.573. The Morgan fingerprint density at radius 3 is 2.79 bits per heavy atom. The number of methoxy groups -OCH3 is 1. The first-order valence-electron chi connectivity index (χ1n) is 10.6. The van der Waals surface area contributed by atoms with Crippen LogP contribution in [0, 0.1) is 24.2 Å². The number of nitrogens with one attached hydrogen (secondary N) is 1. The average molecular weight is 491 g/mol. The molecule has 0 radical (unpaired) electrons. The molecule has 1 aliphatic carbocycles. The lowest BCUT2D eigenvalue weighted by Crippen LogP contribution is -2.21. The third-order valence-electron chi connectivity index (χ3n) is 5.84. The summed E-state index contributed by atoms with van der Waals surface area (Å²) in [7, 11) is 1.57. The molecule has 3 aromatic heterocycles. The first kappa shape index (κ1) is 22.2. The number of aryl methyl sites for hydroxylation is 1. The summed E-state index contributed by atoms with van der Waals surface area (Å²) < 4.78 is 5.49. The van der Waals surface area contributed by atoms with Crippen LogP contribution in [-0.4, -0.2) is 33.0 Å². The molecule has 10 heteroatoms. The molecular weight excluding hydrogens is 472 g/mol. The summed E-state index contributed by atoms with van der Waals surface area (Å²) >= 11 is 7.49. The van der Waals surface area contributed by atoms with Gasteiger partial charge in [0.25, 0.3) is 5.91 Å². The third kappa shape index (κ3) is 4.18. The Kier molecular flexibility index (Phi) is 5.86. The summed E-state index contributed by atoms with van der Waals surface area (Å²) in [6.45, 7) is 1.85. The van der Waals surface area contributed by atoms with Crippen molar-refractivity contribution in [2.24, 2.45) is 5.92 Å². The molecule has 0 aliphatic heterocycles. The van der Waals surface area contributed by atoms with E-state index in [1.807, 2.05) is 13.0 Å². The molecule has 0 unspecified atom stereocenters. The first-order valence-corrected chi connectivity index (χ1v) is 11.8. The number of thiazole rings is 1. The van der Waals surface area contributed by atoms with Crippen molar-refractivity contribution in [3.05, 3.63) is 58.6 Å². The van der Waals surface area contributed by atoms with E-state index in [0.717, 1.165) is 24.2 Å². The largest absolute Gasteiger partial charge is 0.496 e. The van der Waals surface area contributed by atoms with Crippen molar-refractivity contribution in [3.8, 4) is 22.9 Å². The van der Waals surface area contributed by atoms with E-state index >= 15 is 0 Å². The lowest BCUT2D eigenvalue weighted by Gasteiger charge is -2.29. The Morgan fingerprint density at radius 1 is 1.21 bits per heavy atom. The highest BCUT2D eigenvalue weighted by Gasteiger charge is 2.31. The van der Waals surface area contributed by atoms with E-state index in [1.165, 1.54) is 17.5 Å². The molecule has 170 valence electrons. The minimum atomic E-state index is -0.361. The van der Waals surface area contributed by atoms with E-state index in [-0.39, 0.29) is 17.7 Å². The van der Waals surface area contributed by atoms with Crippen LogP contribution in [0.1, 0.15) is 40.5 Å². The van der Waals surface area contributed by atoms with E-state index in [9.17, 15) is 4.79 Å². The molecule has 0 saturated heterocycles. The maximum atomic E-state index is 13.3.